The monoisotopic (exact) mass is 432 g/mol. The number of carbonyl (C=O) groups is 1. The molecule has 31 heavy (non-hydrogen) atoms. The number of benzene rings is 2. The lowest BCUT2D eigenvalue weighted by atomic mass is 9.89. The summed E-state index contributed by atoms with van der Waals surface area (Å²) in [4.78, 5) is 21.5. The quantitative estimate of drug-likeness (QED) is 0.303. The van der Waals surface area contributed by atoms with Gasteiger partial charge in [0.15, 0.2) is 5.78 Å². The molecule has 0 saturated carbocycles. The van der Waals surface area contributed by atoms with Crippen molar-refractivity contribution in [3.63, 3.8) is 0 Å². The predicted molar refractivity (Wildman–Crippen MR) is 124 cm³/mol. The molecule has 0 atom stereocenters. The summed E-state index contributed by atoms with van der Waals surface area (Å²) in [5.41, 5.74) is 7.06. The number of ketones is 1. The minimum atomic E-state index is -0.524. The zero-order valence-electron chi connectivity index (χ0n) is 17.5. The molecule has 0 radical (unpaired) electrons. The molecule has 0 aliphatic rings. The number of fused-ring (bicyclic) bond motifs is 1. The molecule has 156 valence electrons. The molecule has 0 bridgehead atoms. The molecule has 5 heteroatoms. The van der Waals surface area contributed by atoms with Crippen LogP contribution in [0.1, 0.15) is 34.5 Å². The number of aromatic nitrogens is 2. The topological polar surface area (TPSA) is 42.9 Å². The highest BCUT2D eigenvalue weighted by Gasteiger charge is 2.19. The van der Waals surface area contributed by atoms with E-state index >= 15 is 0 Å². The van der Waals surface area contributed by atoms with E-state index in [2.05, 4.69) is 16.9 Å². The minimum Gasteiger partial charge on any atom is -0.292 e. The van der Waals surface area contributed by atoms with Crippen molar-refractivity contribution in [2.45, 2.75) is 26.7 Å². The van der Waals surface area contributed by atoms with E-state index in [0.717, 1.165) is 44.3 Å². The minimum absolute atomic E-state index is 0.129. The van der Waals surface area contributed by atoms with Crippen molar-refractivity contribution in [1.82, 2.24) is 9.97 Å². The predicted octanol–water partition coefficient (Wildman–Crippen LogP) is 7.17. The lowest BCUT2D eigenvalue weighted by molar-refractivity contribution is 0.0972. The highest BCUT2D eigenvalue weighted by molar-refractivity contribution is 6.33. The Balaban J connectivity index is 2.05. The van der Waals surface area contributed by atoms with Gasteiger partial charge in [0.2, 0.25) is 0 Å². The third-order valence-corrected chi connectivity index (χ3v) is 5.83. The molecule has 0 amide bonds. The fraction of sp³-hybridized carbons (Fsp3) is 0.192. The van der Waals surface area contributed by atoms with E-state index in [1.165, 1.54) is 0 Å². The molecule has 0 unspecified atom stereocenters. The Hall–Kier alpha value is -3.11. The Kier molecular flexibility index (Phi) is 6.10. The summed E-state index contributed by atoms with van der Waals surface area (Å²) in [6, 6.07) is 15.3. The summed E-state index contributed by atoms with van der Waals surface area (Å²) in [6.07, 6.45) is 3.87. The molecule has 0 fully saturated rings. The maximum atomic E-state index is 12.7. The molecular formula is C26H22ClFN2O. The lowest BCUT2D eigenvalue weighted by Crippen LogP contribution is -2.05. The van der Waals surface area contributed by atoms with Crippen LogP contribution in [-0.4, -0.2) is 22.4 Å². The number of hydrogen-bond acceptors (Lipinski definition) is 3. The molecule has 4 rings (SSSR count). The van der Waals surface area contributed by atoms with Gasteiger partial charge in [-0.15, -0.1) is 0 Å². The average Bonchev–Trinajstić information content (AvgIpc) is 2.77. The Morgan fingerprint density at radius 3 is 2.48 bits per heavy atom. The number of Topliss-reactive ketones (excluding diaryl/α,β-unsaturated/α-hetero) is 1. The zero-order valence-corrected chi connectivity index (χ0v) is 18.2. The molecule has 0 spiro atoms. The average molecular weight is 433 g/mol. The van der Waals surface area contributed by atoms with Crippen molar-refractivity contribution in [1.29, 1.82) is 0 Å². The van der Waals surface area contributed by atoms with Crippen molar-refractivity contribution < 1.29 is 9.18 Å². The van der Waals surface area contributed by atoms with Gasteiger partial charge in [-0.05, 0) is 78.4 Å². The second-order valence-corrected chi connectivity index (χ2v) is 7.98. The number of rotatable bonds is 6. The fourth-order valence-electron chi connectivity index (χ4n) is 4.11. The number of alkyl halides is 1. The van der Waals surface area contributed by atoms with Crippen molar-refractivity contribution in [2.24, 2.45) is 0 Å². The lowest BCUT2D eigenvalue weighted by Gasteiger charge is -2.18. The molecule has 0 saturated heterocycles. The van der Waals surface area contributed by atoms with Crippen LogP contribution in [0.4, 0.5) is 4.39 Å². The third kappa shape index (κ3) is 4.08. The van der Waals surface area contributed by atoms with Crippen LogP contribution in [0.5, 0.6) is 0 Å². The Morgan fingerprint density at radius 1 is 1.03 bits per heavy atom. The number of aryl methyl sites for hydroxylation is 2. The highest BCUT2D eigenvalue weighted by atomic mass is 35.5. The van der Waals surface area contributed by atoms with Gasteiger partial charge in [0.05, 0.1) is 12.2 Å². The fourth-order valence-corrected chi connectivity index (χ4v) is 4.35. The maximum Gasteiger partial charge on any atom is 0.181 e. The summed E-state index contributed by atoms with van der Waals surface area (Å²) in [5, 5.41) is 1.55. The Labute approximate surface area is 185 Å². The number of nitrogens with zero attached hydrogens (tertiary/aromatic N) is 2. The van der Waals surface area contributed by atoms with Crippen molar-refractivity contribution >= 4 is 28.3 Å². The van der Waals surface area contributed by atoms with Crippen LogP contribution < -0.4 is 0 Å². The SMILES string of the molecule is Cc1cc2nc(C(=O)CCCF)cc(-c3ccccc3Cl)c2c(C)c1-c1ccncc1. The summed E-state index contributed by atoms with van der Waals surface area (Å²) in [7, 11) is 0. The van der Waals surface area contributed by atoms with Crippen LogP contribution in [0.3, 0.4) is 0 Å². The summed E-state index contributed by atoms with van der Waals surface area (Å²) < 4.78 is 12.6. The van der Waals surface area contributed by atoms with E-state index < -0.39 is 6.67 Å². The second-order valence-electron chi connectivity index (χ2n) is 7.57. The van der Waals surface area contributed by atoms with E-state index in [-0.39, 0.29) is 18.6 Å². The van der Waals surface area contributed by atoms with Crippen LogP contribution in [0.15, 0.2) is 60.9 Å². The van der Waals surface area contributed by atoms with Gasteiger partial charge in [-0.2, -0.15) is 0 Å². The summed E-state index contributed by atoms with van der Waals surface area (Å²) in [5.74, 6) is -0.165. The van der Waals surface area contributed by atoms with Gasteiger partial charge in [-0.1, -0.05) is 29.8 Å². The van der Waals surface area contributed by atoms with E-state index in [9.17, 15) is 9.18 Å². The largest absolute Gasteiger partial charge is 0.292 e. The first-order chi connectivity index (χ1) is 15.0. The van der Waals surface area contributed by atoms with Gasteiger partial charge in [0.25, 0.3) is 0 Å². The molecule has 0 aliphatic carbocycles. The number of pyridine rings is 2. The molecule has 3 nitrogen and oxygen atoms in total. The van der Waals surface area contributed by atoms with Crippen LogP contribution in [0.2, 0.25) is 5.02 Å². The van der Waals surface area contributed by atoms with Crippen LogP contribution in [0.25, 0.3) is 33.2 Å². The zero-order chi connectivity index (χ0) is 22.0. The molecule has 2 aromatic carbocycles. The van der Waals surface area contributed by atoms with Crippen molar-refractivity contribution in [3.8, 4) is 22.3 Å². The first kappa shape index (κ1) is 21.1. The smallest absolute Gasteiger partial charge is 0.181 e. The van der Waals surface area contributed by atoms with Crippen molar-refractivity contribution in [2.75, 3.05) is 6.67 Å². The van der Waals surface area contributed by atoms with Crippen LogP contribution in [-0.2, 0) is 0 Å². The van der Waals surface area contributed by atoms with E-state index in [0.29, 0.717) is 10.7 Å². The maximum absolute atomic E-state index is 12.7. The summed E-state index contributed by atoms with van der Waals surface area (Å²) in [6.45, 7) is 3.58. The van der Waals surface area contributed by atoms with Gasteiger partial charge in [-0.25, -0.2) is 4.98 Å². The van der Waals surface area contributed by atoms with Crippen molar-refractivity contribution in [3.05, 3.63) is 82.8 Å². The highest BCUT2D eigenvalue weighted by Crippen LogP contribution is 2.40. The first-order valence-corrected chi connectivity index (χ1v) is 10.6. The molecule has 2 heterocycles. The van der Waals surface area contributed by atoms with Gasteiger partial charge >= 0.3 is 0 Å². The van der Waals surface area contributed by atoms with Crippen LogP contribution >= 0.6 is 11.6 Å². The van der Waals surface area contributed by atoms with Gasteiger partial charge in [0, 0.05) is 34.8 Å². The molecule has 2 aromatic heterocycles. The van der Waals surface area contributed by atoms with E-state index in [4.69, 9.17) is 11.6 Å². The Bertz CT molecular complexity index is 1270. The summed E-state index contributed by atoms with van der Waals surface area (Å²) >= 11 is 6.55. The van der Waals surface area contributed by atoms with Crippen LogP contribution in [0, 0.1) is 13.8 Å². The Morgan fingerprint density at radius 2 is 1.77 bits per heavy atom. The number of carbonyl (C=O) groups excluding carboxylic acids is 1. The molecule has 0 N–H and O–H groups in total. The van der Waals surface area contributed by atoms with E-state index in [1.807, 2.05) is 49.4 Å². The van der Waals surface area contributed by atoms with Gasteiger partial charge in [-0.3, -0.25) is 14.2 Å². The van der Waals surface area contributed by atoms with Gasteiger partial charge in [0.1, 0.15) is 5.69 Å². The second kappa shape index (κ2) is 8.94. The number of halogens is 2. The van der Waals surface area contributed by atoms with Gasteiger partial charge < -0.3 is 0 Å². The molecule has 4 aromatic rings. The van der Waals surface area contributed by atoms with E-state index in [1.54, 1.807) is 18.5 Å². The normalized spacial score (nSPS) is 11.1. The number of hydrogen-bond donors (Lipinski definition) is 0. The standard InChI is InChI=1S/C26H22ClFN2O/c1-16-14-23-26(17(2)25(16)18-9-12-29-13-10-18)20(19-6-3-4-7-21(19)27)15-22(30-23)24(31)8-5-11-28/h3-4,6-7,9-10,12-15H,5,8,11H2,1-2H3. The first-order valence-electron chi connectivity index (χ1n) is 10.2. The third-order valence-electron chi connectivity index (χ3n) is 5.50. The molecule has 0 aliphatic heterocycles. The molecular weight excluding hydrogens is 411 g/mol.